The first-order valence-corrected chi connectivity index (χ1v) is 5.91. The van der Waals surface area contributed by atoms with Crippen molar-refractivity contribution in [2.24, 2.45) is 0 Å². The van der Waals surface area contributed by atoms with Gasteiger partial charge >= 0.3 is 6.01 Å². The van der Waals surface area contributed by atoms with E-state index >= 15 is 0 Å². The normalized spacial score (nSPS) is 19.4. The van der Waals surface area contributed by atoms with Crippen LogP contribution in [0, 0.1) is 6.92 Å². The minimum Gasteiger partial charge on any atom is -0.467 e. The summed E-state index contributed by atoms with van der Waals surface area (Å²) < 4.78 is 5.11. The van der Waals surface area contributed by atoms with Crippen LogP contribution in [0.1, 0.15) is 50.7 Å². The minimum atomic E-state index is 0.110. The van der Waals surface area contributed by atoms with Gasteiger partial charge in [0.05, 0.1) is 7.11 Å². The van der Waals surface area contributed by atoms with Crippen molar-refractivity contribution in [3.63, 3.8) is 0 Å². The van der Waals surface area contributed by atoms with Gasteiger partial charge in [0, 0.05) is 5.41 Å². The Hall–Kier alpha value is -1.19. The summed E-state index contributed by atoms with van der Waals surface area (Å²) in [6.07, 6.45) is 6.20. The van der Waals surface area contributed by atoms with Crippen molar-refractivity contribution in [3.8, 4) is 6.01 Å². The van der Waals surface area contributed by atoms with Gasteiger partial charge in [0.15, 0.2) is 0 Å². The van der Waals surface area contributed by atoms with Gasteiger partial charge < -0.3 is 4.74 Å². The summed E-state index contributed by atoms with van der Waals surface area (Å²) in [6, 6.07) is 0.439. The highest BCUT2D eigenvalue weighted by atomic mass is 16.5. The van der Waals surface area contributed by atoms with Gasteiger partial charge in [-0.2, -0.15) is 9.97 Å². The molecule has 0 spiro atoms. The molecule has 1 fully saturated rings. The molecule has 4 nitrogen and oxygen atoms in total. The van der Waals surface area contributed by atoms with Crippen LogP contribution in [0.15, 0.2) is 0 Å². The zero-order valence-corrected chi connectivity index (χ0v) is 10.3. The van der Waals surface area contributed by atoms with Gasteiger partial charge in [0.1, 0.15) is 11.6 Å². The fraction of sp³-hybridized carbons (Fsp3) is 0.750. The number of aryl methyl sites for hydroxylation is 1. The molecule has 1 heterocycles. The molecule has 4 heteroatoms. The molecular formula is C12H19N3O. The highest BCUT2D eigenvalue weighted by Crippen LogP contribution is 2.37. The molecule has 0 unspecified atom stereocenters. The predicted molar refractivity (Wildman–Crippen MR) is 61.6 cm³/mol. The van der Waals surface area contributed by atoms with E-state index in [1.165, 1.54) is 32.1 Å². The van der Waals surface area contributed by atoms with Crippen LogP contribution in [0.4, 0.5) is 0 Å². The van der Waals surface area contributed by atoms with Gasteiger partial charge in [0.2, 0.25) is 0 Å². The Balaban J connectivity index is 2.34. The largest absolute Gasteiger partial charge is 0.467 e. The van der Waals surface area contributed by atoms with E-state index in [1.807, 2.05) is 6.92 Å². The molecule has 1 aliphatic rings. The molecule has 0 amide bonds. The minimum absolute atomic E-state index is 0.110. The average molecular weight is 221 g/mol. The van der Waals surface area contributed by atoms with E-state index in [9.17, 15) is 0 Å². The first-order chi connectivity index (χ1) is 7.64. The Bertz CT molecular complexity index is 373. The molecular weight excluding hydrogens is 202 g/mol. The summed E-state index contributed by atoms with van der Waals surface area (Å²) in [6.45, 7) is 4.14. The predicted octanol–water partition coefficient (Wildman–Crippen LogP) is 2.41. The van der Waals surface area contributed by atoms with Gasteiger partial charge in [-0.25, -0.2) is 4.98 Å². The second-order valence-electron chi connectivity index (χ2n) is 4.81. The monoisotopic (exact) mass is 221 g/mol. The Morgan fingerprint density at radius 3 is 2.38 bits per heavy atom. The average Bonchev–Trinajstić information content (AvgIpc) is 2.29. The second-order valence-corrected chi connectivity index (χ2v) is 4.81. The molecule has 0 aromatic carbocycles. The fourth-order valence-corrected chi connectivity index (χ4v) is 2.37. The lowest BCUT2D eigenvalue weighted by Gasteiger charge is -2.31. The molecule has 88 valence electrons. The molecule has 0 saturated heterocycles. The van der Waals surface area contributed by atoms with Gasteiger partial charge in [-0.1, -0.05) is 26.2 Å². The van der Waals surface area contributed by atoms with E-state index in [1.54, 1.807) is 7.11 Å². The van der Waals surface area contributed by atoms with Crippen molar-refractivity contribution in [2.75, 3.05) is 7.11 Å². The number of hydrogen-bond donors (Lipinski definition) is 0. The third-order valence-electron chi connectivity index (χ3n) is 3.41. The molecule has 1 aromatic heterocycles. The van der Waals surface area contributed by atoms with Crippen LogP contribution >= 0.6 is 0 Å². The number of methoxy groups -OCH3 is 1. The lowest BCUT2D eigenvalue weighted by molar-refractivity contribution is 0.293. The molecule has 1 aliphatic carbocycles. The van der Waals surface area contributed by atoms with Crippen molar-refractivity contribution in [2.45, 2.75) is 51.4 Å². The summed E-state index contributed by atoms with van der Waals surface area (Å²) >= 11 is 0. The number of rotatable bonds is 2. The molecule has 16 heavy (non-hydrogen) atoms. The molecule has 0 radical (unpaired) electrons. The number of ether oxygens (including phenoxy) is 1. The molecule has 1 saturated carbocycles. The van der Waals surface area contributed by atoms with Crippen LogP contribution < -0.4 is 4.74 Å². The molecule has 0 N–H and O–H groups in total. The Kier molecular flexibility index (Phi) is 3.08. The Morgan fingerprint density at radius 2 is 1.75 bits per heavy atom. The maximum Gasteiger partial charge on any atom is 0.319 e. The van der Waals surface area contributed by atoms with Crippen molar-refractivity contribution < 1.29 is 4.74 Å². The summed E-state index contributed by atoms with van der Waals surface area (Å²) in [4.78, 5) is 13.0. The van der Waals surface area contributed by atoms with Crippen molar-refractivity contribution >= 4 is 0 Å². The molecule has 2 rings (SSSR count). The van der Waals surface area contributed by atoms with E-state index in [2.05, 4.69) is 21.9 Å². The quantitative estimate of drug-likeness (QED) is 0.769. The van der Waals surface area contributed by atoms with Crippen LogP contribution in [-0.2, 0) is 5.41 Å². The van der Waals surface area contributed by atoms with Crippen LogP contribution in [-0.4, -0.2) is 22.1 Å². The lowest BCUT2D eigenvalue weighted by Crippen LogP contribution is -2.28. The zero-order chi connectivity index (χ0) is 11.6. The van der Waals surface area contributed by atoms with Crippen LogP contribution in [0.2, 0.25) is 0 Å². The number of hydrogen-bond acceptors (Lipinski definition) is 4. The zero-order valence-electron chi connectivity index (χ0n) is 10.3. The topological polar surface area (TPSA) is 47.9 Å². The maximum atomic E-state index is 5.11. The first kappa shape index (κ1) is 11.3. The summed E-state index contributed by atoms with van der Waals surface area (Å²) in [5.74, 6) is 1.64. The standard InChI is InChI=1S/C12H19N3O/c1-9-13-10(15-11(14-9)16-3)12(2)7-5-4-6-8-12/h4-8H2,1-3H3. The fourth-order valence-electron chi connectivity index (χ4n) is 2.37. The molecule has 0 bridgehead atoms. The highest BCUT2D eigenvalue weighted by Gasteiger charge is 2.32. The lowest BCUT2D eigenvalue weighted by atomic mass is 9.75. The smallest absolute Gasteiger partial charge is 0.319 e. The highest BCUT2D eigenvalue weighted by molar-refractivity contribution is 5.11. The summed E-state index contributed by atoms with van der Waals surface area (Å²) in [7, 11) is 1.60. The first-order valence-electron chi connectivity index (χ1n) is 5.91. The second kappa shape index (κ2) is 4.36. The van der Waals surface area contributed by atoms with E-state index in [-0.39, 0.29) is 5.41 Å². The maximum absolute atomic E-state index is 5.11. The van der Waals surface area contributed by atoms with Gasteiger partial charge in [0.25, 0.3) is 0 Å². The summed E-state index contributed by atoms with van der Waals surface area (Å²) in [5.41, 5.74) is 0.110. The van der Waals surface area contributed by atoms with Crippen molar-refractivity contribution in [3.05, 3.63) is 11.6 Å². The molecule has 0 aliphatic heterocycles. The number of aromatic nitrogens is 3. The van der Waals surface area contributed by atoms with E-state index in [0.717, 1.165) is 11.6 Å². The van der Waals surface area contributed by atoms with Crippen LogP contribution in [0.5, 0.6) is 6.01 Å². The molecule has 0 atom stereocenters. The number of nitrogens with zero attached hydrogens (tertiary/aromatic N) is 3. The Labute approximate surface area is 96.5 Å². The van der Waals surface area contributed by atoms with Crippen LogP contribution in [0.3, 0.4) is 0 Å². The van der Waals surface area contributed by atoms with E-state index in [4.69, 9.17) is 4.74 Å². The third kappa shape index (κ3) is 2.15. The van der Waals surface area contributed by atoms with Crippen molar-refractivity contribution in [1.29, 1.82) is 0 Å². The van der Waals surface area contributed by atoms with Gasteiger partial charge in [-0.15, -0.1) is 0 Å². The van der Waals surface area contributed by atoms with Crippen LogP contribution in [0.25, 0.3) is 0 Å². The Morgan fingerprint density at radius 1 is 1.06 bits per heavy atom. The third-order valence-corrected chi connectivity index (χ3v) is 3.41. The van der Waals surface area contributed by atoms with E-state index in [0.29, 0.717) is 6.01 Å². The SMILES string of the molecule is COc1nc(C)nc(C2(C)CCCCC2)n1. The van der Waals surface area contributed by atoms with Crippen molar-refractivity contribution in [1.82, 2.24) is 15.0 Å². The summed E-state index contributed by atoms with van der Waals surface area (Å²) in [5, 5.41) is 0. The van der Waals surface area contributed by atoms with Gasteiger partial charge in [-0.3, -0.25) is 0 Å². The van der Waals surface area contributed by atoms with E-state index < -0.39 is 0 Å². The molecule has 1 aromatic rings. The van der Waals surface area contributed by atoms with Gasteiger partial charge in [-0.05, 0) is 19.8 Å².